The summed E-state index contributed by atoms with van der Waals surface area (Å²) in [7, 11) is -0.317. The molecule has 2 rings (SSSR count). The van der Waals surface area contributed by atoms with E-state index in [1.165, 1.54) is 0 Å². The van der Waals surface area contributed by atoms with Crippen molar-refractivity contribution in [3.8, 4) is 11.5 Å². The molecule has 0 saturated heterocycles. The molecule has 28 heavy (non-hydrogen) atoms. The molecule has 8 nitrogen and oxygen atoms in total. The van der Waals surface area contributed by atoms with Crippen LogP contribution in [0.5, 0.6) is 11.5 Å². The van der Waals surface area contributed by atoms with Crippen molar-refractivity contribution in [1.82, 2.24) is 10.6 Å². The molecule has 0 radical (unpaired) electrons. The summed E-state index contributed by atoms with van der Waals surface area (Å²) in [6, 6.07) is 11.5. The van der Waals surface area contributed by atoms with E-state index in [-0.39, 0.29) is 6.03 Å². The molecule has 2 aromatic carbocycles. The zero-order chi connectivity index (χ0) is 20.7. The molecular weight excluding hydrogens is 382 g/mol. The van der Waals surface area contributed by atoms with E-state index in [0.717, 1.165) is 11.8 Å². The van der Waals surface area contributed by atoms with E-state index in [1.807, 2.05) is 6.07 Å². The summed E-state index contributed by atoms with van der Waals surface area (Å²) in [6.45, 7) is 2.07. The molecule has 0 aliphatic heterocycles. The Bertz CT molecular complexity index is 931. The second-order valence-electron chi connectivity index (χ2n) is 6.20. The number of rotatable bonds is 8. The van der Waals surface area contributed by atoms with Gasteiger partial charge in [-0.3, -0.25) is 4.72 Å². The van der Waals surface area contributed by atoms with Crippen LogP contribution in [0.15, 0.2) is 42.5 Å². The summed E-state index contributed by atoms with van der Waals surface area (Å²) in [5, 5.41) is 5.57. The van der Waals surface area contributed by atoms with Crippen LogP contribution in [0.3, 0.4) is 0 Å². The van der Waals surface area contributed by atoms with Crippen molar-refractivity contribution in [3.05, 3.63) is 53.6 Å². The van der Waals surface area contributed by atoms with Crippen LogP contribution >= 0.6 is 0 Å². The van der Waals surface area contributed by atoms with Gasteiger partial charge in [-0.05, 0) is 36.2 Å². The van der Waals surface area contributed by atoms with E-state index < -0.39 is 16.1 Å². The molecule has 3 N–H and O–H groups in total. The first-order valence-corrected chi connectivity index (χ1v) is 10.4. The van der Waals surface area contributed by atoms with Gasteiger partial charge in [-0.2, -0.15) is 0 Å². The highest BCUT2D eigenvalue weighted by atomic mass is 32.2. The highest BCUT2D eigenvalue weighted by Gasteiger charge is 2.15. The van der Waals surface area contributed by atoms with Gasteiger partial charge in [-0.15, -0.1) is 0 Å². The molecule has 2 aromatic rings. The number of carbonyl (C=O) groups excluding carboxylic acids is 1. The Hall–Kier alpha value is -2.94. The average molecular weight is 407 g/mol. The second kappa shape index (κ2) is 9.32. The number of amides is 2. The van der Waals surface area contributed by atoms with Crippen LogP contribution in [-0.2, 0) is 16.6 Å². The van der Waals surface area contributed by atoms with Crippen molar-refractivity contribution in [3.63, 3.8) is 0 Å². The number of hydrogen-bond acceptors (Lipinski definition) is 5. The van der Waals surface area contributed by atoms with Gasteiger partial charge in [0.25, 0.3) is 0 Å². The van der Waals surface area contributed by atoms with Crippen molar-refractivity contribution in [2.24, 2.45) is 0 Å². The lowest BCUT2D eigenvalue weighted by Gasteiger charge is -2.19. The normalized spacial score (nSPS) is 12.0. The highest BCUT2D eigenvalue weighted by Crippen LogP contribution is 2.27. The summed E-state index contributed by atoms with van der Waals surface area (Å²) in [5.74, 6) is 1.19. The molecule has 0 heterocycles. The Labute approximate surface area is 165 Å². The Morgan fingerprint density at radius 1 is 1.07 bits per heavy atom. The smallest absolute Gasteiger partial charge is 0.315 e. The maximum absolute atomic E-state index is 12.3. The summed E-state index contributed by atoms with van der Waals surface area (Å²) >= 11 is 0. The number of urea groups is 1. The Balaban J connectivity index is 2.00. The van der Waals surface area contributed by atoms with Crippen LogP contribution < -0.4 is 24.8 Å². The van der Waals surface area contributed by atoms with Crippen LogP contribution in [0.25, 0.3) is 0 Å². The molecule has 9 heteroatoms. The molecule has 0 aromatic heterocycles. The predicted octanol–water partition coefficient (Wildman–Crippen LogP) is 2.64. The minimum Gasteiger partial charge on any atom is -0.493 e. The fourth-order valence-corrected chi connectivity index (χ4v) is 3.25. The molecule has 0 spiro atoms. The van der Waals surface area contributed by atoms with Crippen molar-refractivity contribution >= 4 is 21.7 Å². The number of anilines is 1. The lowest BCUT2D eigenvalue weighted by atomic mass is 10.1. The van der Waals surface area contributed by atoms with E-state index in [0.29, 0.717) is 29.3 Å². The number of carbonyl (C=O) groups is 1. The fourth-order valence-electron chi connectivity index (χ4n) is 2.67. The van der Waals surface area contributed by atoms with Gasteiger partial charge in [-0.25, -0.2) is 13.2 Å². The van der Waals surface area contributed by atoms with Gasteiger partial charge in [0.1, 0.15) is 0 Å². The third-order valence-corrected chi connectivity index (χ3v) is 4.56. The molecule has 0 saturated carbocycles. The van der Waals surface area contributed by atoms with Gasteiger partial charge in [0.2, 0.25) is 10.0 Å². The van der Waals surface area contributed by atoms with Crippen LogP contribution in [0, 0.1) is 0 Å². The van der Waals surface area contributed by atoms with Crippen LogP contribution in [-0.4, -0.2) is 34.9 Å². The first kappa shape index (κ1) is 21.4. The van der Waals surface area contributed by atoms with Crippen molar-refractivity contribution in [2.75, 3.05) is 25.2 Å². The predicted molar refractivity (Wildman–Crippen MR) is 108 cm³/mol. The van der Waals surface area contributed by atoms with Crippen LogP contribution in [0.2, 0.25) is 0 Å². The number of ether oxygens (including phenoxy) is 2. The monoisotopic (exact) mass is 407 g/mol. The summed E-state index contributed by atoms with van der Waals surface area (Å²) in [6.07, 6.45) is 1.08. The minimum absolute atomic E-state index is 0.294. The highest BCUT2D eigenvalue weighted by molar-refractivity contribution is 7.92. The van der Waals surface area contributed by atoms with E-state index in [4.69, 9.17) is 9.47 Å². The number of methoxy groups -OCH3 is 2. The molecule has 0 bridgehead atoms. The SMILES string of the molecule is COc1ccc(CNC(=O)NC(C)c2ccccc2NS(C)(=O)=O)cc1OC. The Morgan fingerprint density at radius 3 is 2.39 bits per heavy atom. The average Bonchev–Trinajstić information content (AvgIpc) is 2.65. The molecular formula is C19H25N3O5S. The largest absolute Gasteiger partial charge is 0.493 e. The van der Waals surface area contributed by atoms with Crippen molar-refractivity contribution < 1.29 is 22.7 Å². The number of benzene rings is 2. The van der Waals surface area contributed by atoms with Gasteiger partial charge in [-0.1, -0.05) is 24.3 Å². The Morgan fingerprint density at radius 2 is 1.75 bits per heavy atom. The van der Waals surface area contributed by atoms with Gasteiger partial charge in [0.05, 0.1) is 32.2 Å². The van der Waals surface area contributed by atoms with Gasteiger partial charge < -0.3 is 20.1 Å². The number of sulfonamides is 1. The zero-order valence-electron chi connectivity index (χ0n) is 16.3. The number of para-hydroxylation sites is 1. The lowest BCUT2D eigenvalue weighted by Crippen LogP contribution is -2.36. The second-order valence-corrected chi connectivity index (χ2v) is 7.95. The fraction of sp³-hybridized carbons (Fsp3) is 0.316. The maximum Gasteiger partial charge on any atom is 0.315 e. The van der Waals surface area contributed by atoms with Crippen molar-refractivity contribution in [2.45, 2.75) is 19.5 Å². The van der Waals surface area contributed by atoms with Gasteiger partial charge >= 0.3 is 6.03 Å². The molecule has 0 fully saturated rings. The zero-order valence-corrected chi connectivity index (χ0v) is 17.1. The van der Waals surface area contributed by atoms with E-state index in [1.54, 1.807) is 57.5 Å². The molecule has 152 valence electrons. The number of hydrogen-bond donors (Lipinski definition) is 3. The molecule has 2 amide bonds. The van der Waals surface area contributed by atoms with Crippen LogP contribution in [0.4, 0.5) is 10.5 Å². The molecule has 1 unspecified atom stereocenters. The number of nitrogens with one attached hydrogen (secondary N) is 3. The molecule has 1 atom stereocenters. The van der Waals surface area contributed by atoms with Crippen molar-refractivity contribution in [1.29, 1.82) is 0 Å². The lowest BCUT2D eigenvalue weighted by molar-refractivity contribution is 0.237. The van der Waals surface area contributed by atoms with E-state index >= 15 is 0 Å². The van der Waals surface area contributed by atoms with Gasteiger partial charge in [0.15, 0.2) is 11.5 Å². The van der Waals surface area contributed by atoms with E-state index in [9.17, 15) is 13.2 Å². The molecule has 0 aliphatic carbocycles. The summed E-state index contributed by atoms with van der Waals surface area (Å²) < 4.78 is 36.0. The third kappa shape index (κ3) is 6.05. The van der Waals surface area contributed by atoms with Crippen LogP contribution in [0.1, 0.15) is 24.1 Å². The minimum atomic E-state index is -3.42. The van der Waals surface area contributed by atoms with Gasteiger partial charge in [0, 0.05) is 6.54 Å². The summed E-state index contributed by atoms with van der Waals surface area (Å²) in [4.78, 5) is 12.3. The standard InChI is InChI=1S/C19H25N3O5S/c1-13(15-7-5-6-8-16(15)22-28(4,24)25)21-19(23)20-12-14-9-10-17(26-2)18(11-14)27-3/h5-11,13,22H,12H2,1-4H3,(H2,20,21,23). The maximum atomic E-state index is 12.3. The Kier molecular flexibility index (Phi) is 7.11. The molecule has 0 aliphatic rings. The summed E-state index contributed by atoms with van der Waals surface area (Å²) in [5.41, 5.74) is 1.94. The third-order valence-electron chi connectivity index (χ3n) is 3.97. The first-order chi connectivity index (χ1) is 13.2. The quantitative estimate of drug-likeness (QED) is 0.624. The van der Waals surface area contributed by atoms with E-state index in [2.05, 4.69) is 15.4 Å². The topological polar surface area (TPSA) is 106 Å². The first-order valence-electron chi connectivity index (χ1n) is 8.55.